The van der Waals surface area contributed by atoms with Gasteiger partial charge >= 0.3 is 0 Å². The molecule has 1 aromatic heterocycles. The van der Waals surface area contributed by atoms with Crippen molar-refractivity contribution in [3.05, 3.63) is 89.1 Å². The zero-order valence-corrected chi connectivity index (χ0v) is 12.9. The molecule has 0 saturated carbocycles. The maximum Gasteiger partial charge on any atom is 0.218 e. The molecular weight excluding hydrogens is 286 g/mol. The van der Waals surface area contributed by atoms with E-state index in [1.54, 1.807) is 12.3 Å². The van der Waals surface area contributed by atoms with Gasteiger partial charge in [0.25, 0.3) is 0 Å². The number of nitrogens with zero attached hydrogens (tertiary/aromatic N) is 1. The van der Waals surface area contributed by atoms with Gasteiger partial charge in [-0.1, -0.05) is 60.2 Å². The van der Waals surface area contributed by atoms with Gasteiger partial charge in [-0.05, 0) is 18.6 Å². The van der Waals surface area contributed by atoms with Gasteiger partial charge < -0.3 is 4.42 Å². The van der Waals surface area contributed by atoms with Crippen molar-refractivity contribution >= 4 is 17.9 Å². The highest BCUT2D eigenvalue weighted by Gasteiger charge is 2.10. The van der Waals surface area contributed by atoms with Crippen LogP contribution >= 0.6 is 0 Å². The van der Waals surface area contributed by atoms with E-state index in [-0.39, 0.29) is 12.2 Å². The zero-order valence-electron chi connectivity index (χ0n) is 12.9. The minimum Gasteiger partial charge on any atom is -0.441 e. The Morgan fingerprint density at radius 1 is 1.04 bits per heavy atom. The maximum absolute atomic E-state index is 12.2. The number of hydrogen-bond acceptors (Lipinski definition) is 3. The summed E-state index contributed by atoms with van der Waals surface area (Å²) in [6, 6.07) is 17.5. The van der Waals surface area contributed by atoms with Gasteiger partial charge in [0.05, 0.1) is 12.6 Å². The third kappa shape index (κ3) is 4.04. The summed E-state index contributed by atoms with van der Waals surface area (Å²) in [5.74, 6) is 1.10. The lowest BCUT2D eigenvalue weighted by molar-refractivity contribution is 0.0987. The number of carbonyl (C=O) groups is 1. The Kier molecular flexibility index (Phi) is 4.48. The molecule has 0 radical (unpaired) electrons. The first-order chi connectivity index (χ1) is 11.2. The summed E-state index contributed by atoms with van der Waals surface area (Å²) >= 11 is 0. The molecule has 0 unspecified atom stereocenters. The predicted molar refractivity (Wildman–Crippen MR) is 91.1 cm³/mol. The van der Waals surface area contributed by atoms with Crippen LogP contribution in [0.5, 0.6) is 0 Å². The third-order valence-corrected chi connectivity index (χ3v) is 3.50. The Balaban J connectivity index is 1.66. The molecule has 3 nitrogen and oxygen atoms in total. The van der Waals surface area contributed by atoms with Crippen LogP contribution in [-0.4, -0.2) is 10.8 Å². The van der Waals surface area contributed by atoms with Crippen molar-refractivity contribution in [1.82, 2.24) is 4.98 Å². The van der Waals surface area contributed by atoms with E-state index in [9.17, 15) is 4.79 Å². The number of oxazole rings is 1. The van der Waals surface area contributed by atoms with Gasteiger partial charge in [0.2, 0.25) is 5.89 Å². The van der Waals surface area contributed by atoms with Crippen molar-refractivity contribution in [2.75, 3.05) is 0 Å². The smallest absolute Gasteiger partial charge is 0.218 e. The second kappa shape index (κ2) is 6.88. The van der Waals surface area contributed by atoms with E-state index in [0.717, 1.165) is 11.1 Å². The summed E-state index contributed by atoms with van der Waals surface area (Å²) in [5, 5.41) is 0. The standard InChI is InChI=1S/C20H17NO2/c1-15-7-10-17(11-8-15)19(22)13-18-14-21-20(23-18)12-9-16-5-3-2-4-6-16/h2-12,14H,13H2,1H3/b12-9+. The van der Waals surface area contributed by atoms with Crippen LogP contribution in [0.25, 0.3) is 12.2 Å². The van der Waals surface area contributed by atoms with Crippen LogP contribution in [0.3, 0.4) is 0 Å². The van der Waals surface area contributed by atoms with Crippen LogP contribution in [0.15, 0.2) is 65.2 Å². The quantitative estimate of drug-likeness (QED) is 0.648. The number of ketones is 1. The Morgan fingerprint density at radius 3 is 2.52 bits per heavy atom. The highest BCUT2D eigenvalue weighted by molar-refractivity contribution is 5.97. The fourth-order valence-electron chi connectivity index (χ4n) is 2.21. The third-order valence-electron chi connectivity index (χ3n) is 3.50. The fraction of sp³-hybridized carbons (Fsp3) is 0.100. The van der Waals surface area contributed by atoms with Crippen molar-refractivity contribution in [2.45, 2.75) is 13.3 Å². The fourth-order valence-corrected chi connectivity index (χ4v) is 2.21. The van der Waals surface area contributed by atoms with Crippen molar-refractivity contribution in [3.63, 3.8) is 0 Å². The van der Waals surface area contributed by atoms with E-state index < -0.39 is 0 Å². The van der Waals surface area contributed by atoms with Crippen LogP contribution in [-0.2, 0) is 6.42 Å². The minimum atomic E-state index is 0.0275. The van der Waals surface area contributed by atoms with Gasteiger partial charge in [0.15, 0.2) is 5.78 Å². The molecule has 0 bridgehead atoms. The molecule has 2 aromatic carbocycles. The van der Waals surface area contributed by atoms with Gasteiger partial charge in [-0.3, -0.25) is 4.79 Å². The molecule has 0 aliphatic heterocycles. The average molecular weight is 303 g/mol. The number of aromatic nitrogens is 1. The summed E-state index contributed by atoms with van der Waals surface area (Å²) in [4.78, 5) is 16.4. The first-order valence-corrected chi connectivity index (χ1v) is 7.48. The summed E-state index contributed by atoms with van der Waals surface area (Å²) in [5.41, 5.74) is 2.89. The van der Waals surface area contributed by atoms with E-state index in [1.165, 1.54) is 0 Å². The lowest BCUT2D eigenvalue weighted by Crippen LogP contribution is -2.02. The summed E-state index contributed by atoms with van der Waals surface area (Å²) < 4.78 is 5.60. The number of aryl methyl sites for hydroxylation is 1. The predicted octanol–water partition coefficient (Wildman–Crippen LogP) is 4.58. The van der Waals surface area contributed by atoms with Crippen LogP contribution in [0.4, 0.5) is 0 Å². The highest BCUT2D eigenvalue weighted by atomic mass is 16.4. The molecule has 0 amide bonds. The first-order valence-electron chi connectivity index (χ1n) is 7.48. The van der Waals surface area contributed by atoms with Crippen LogP contribution < -0.4 is 0 Å². The molecule has 114 valence electrons. The molecule has 23 heavy (non-hydrogen) atoms. The summed E-state index contributed by atoms with van der Waals surface area (Å²) in [6.07, 6.45) is 5.55. The second-order valence-corrected chi connectivity index (χ2v) is 5.37. The van der Waals surface area contributed by atoms with Gasteiger partial charge in [-0.25, -0.2) is 4.98 Å². The molecule has 1 heterocycles. The molecule has 3 aromatic rings. The molecule has 3 rings (SSSR count). The van der Waals surface area contributed by atoms with E-state index in [4.69, 9.17) is 4.42 Å². The van der Waals surface area contributed by atoms with E-state index in [1.807, 2.05) is 67.6 Å². The average Bonchev–Trinajstić information content (AvgIpc) is 3.02. The highest BCUT2D eigenvalue weighted by Crippen LogP contribution is 2.12. The summed E-state index contributed by atoms with van der Waals surface area (Å²) in [7, 11) is 0. The molecule has 0 aliphatic carbocycles. The van der Waals surface area contributed by atoms with Gasteiger partial charge in [-0.15, -0.1) is 0 Å². The minimum absolute atomic E-state index is 0.0275. The monoisotopic (exact) mass is 303 g/mol. The number of benzene rings is 2. The Hall–Kier alpha value is -2.94. The van der Waals surface area contributed by atoms with Crippen LogP contribution in [0.2, 0.25) is 0 Å². The lowest BCUT2D eigenvalue weighted by Gasteiger charge is -1.99. The van der Waals surface area contributed by atoms with Gasteiger partial charge in [0.1, 0.15) is 5.76 Å². The lowest BCUT2D eigenvalue weighted by atomic mass is 10.1. The topological polar surface area (TPSA) is 43.1 Å². The first kappa shape index (κ1) is 15.0. The molecule has 0 saturated heterocycles. The number of carbonyl (C=O) groups excluding carboxylic acids is 1. The molecule has 0 fully saturated rings. The van der Waals surface area contributed by atoms with Crippen LogP contribution in [0.1, 0.15) is 33.1 Å². The molecule has 0 N–H and O–H groups in total. The van der Waals surface area contributed by atoms with Crippen molar-refractivity contribution in [1.29, 1.82) is 0 Å². The van der Waals surface area contributed by atoms with Gasteiger partial charge in [-0.2, -0.15) is 0 Å². The Morgan fingerprint density at radius 2 is 1.78 bits per heavy atom. The molecule has 3 heteroatoms. The van der Waals surface area contributed by atoms with Gasteiger partial charge in [0, 0.05) is 11.6 Å². The number of rotatable bonds is 5. The van der Waals surface area contributed by atoms with Crippen molar-refractivity contribution < 1.29 is 9.21 Å². The Bertz CT molecular complexity index is 814. The van der Waals surface area contributed by atoms with E-state index in [2.05, 4.69) is 4.98 Å². The normalized spacial score (nSPS) is 11.0. The summed E-state index contributed by atoms with van der Waals surface area (Å²) in [6.45, 7) is 2.00. The Labute approximate surface area is 135 Å². The molecule has 0 atom stereocenters. The SMILES string of the molecule is Cc1ccc(C(=O)Cc2cnc(/C=C/c3ccccc3)o2)cc1. The maximum atomic E-state index is 12.2. The van der Waals surface area contributed by atoms with Crippen molar-refractivity contribution in [3.8, 4) is 0 Å². The van der Waals surface area contributed by atoms with Crippen LogP contribution in [0, 0.1) is 6.92 Å². The van der Waals surface area contributed by atoms with E-state index in [0.29, 0.717) is 17.2 Å². The molecular formula is C20H17NO2. The van der Waals surface area contributed by atoms with E-state index >= 15 is 0 Å². The zero-order chi connectivity index (χ0) is 16.1. The van der Waals surface area contributed by atoms with Crippen molar-refractivity contribution in [2.24, 2.45) is 0 Å². The second-order valence-electron chi connectivity index (χ2n) is 5.37. The largest absolute Gasteiger partial charge is 0.441 e. The molecule has 0 aliphatic rings. The number of hydrogen-bond donors (Lipinski definition) is 0. The number of Topliss-reactive ketones (excluding diaryl/α,β-unsaturated/α-hetero) is 1. The molecule has 0 spiro atoms.